The van der Waals surface area contributed by atoms with Crippen LogP contribution in [0.25, 0.3) is 10.8 Å². The highest BCUT2D eigenvalue weighted by Crippen LogP contribution is 2.28. The van der Waals surface area contributed by atoms with E-state index in [4.69, 9.17) is 0 Å². The van der Waals surface area contributed by atoms with E-state index < -0.39 is 0 Å². The van der Waals surface area contributed by atoms with Crippen LogP contribution in [0.15, 0.2) is 36.4 Å². The predicted octanol–water partition coefficient (Wildman–Crippen LogP) is 2.68. The van der Waals surface area contributed by atoms with E-state index in [1.807, 2.05) is 31.2 Å². The van der Waals surface area contributed by atoms with Crippen LogP contribution in [0, 0.1) is 5.92 Å². The molecule has 4 heteroatoms. The van der Waals surface area contributed by atoms with E-state index in [1.165, 1.54) is 0 Å². The van der Waals surface area contributed by atoms with E-state index >= 15 is 0 Å². The van der Waals surface area contributed by atoms with Crippen molar-refractivity contribution in [2.24, 2.45) is 5.92 Å². The third-order valence-electron chi connectivity index (χ3n) is 3.50. The van der Waals surface area contributed by atoms with Gasteiger partial charge in [0.1, 0.15) is 5.75 Å². The van der Waals surface area contributed by atoms with Crippen LogP contribution in [0.4, 0.5) is 0 Å². The largest absolute Gasteiger partial charge is 0.506 e. The van der Waals surface area contributed by atoms with Crippen molar-refractivity contribution in [3.8, 4) is 5.75 Å². The number of hydrogen-bond donors (Lipinski definition) is 3. The fourth-order valence-corrected chi connectivity index (χ4v) is 2.47. The highest BCUT2D eigenvalue weighted by Gasteiger charge is 2.14. The van der Waals surface area contributed by atoms with Gasteiger partial charge >= 0.3 is 0 Å². The lowest BCUT2D eigenvalue weighted by molar-refractivity contribution is 0.0937. The van der Waals surface area contributed by atoms with Crippen LogP contribution in [0.1, 0.15) is 30.6 Å². The highest BCUT2D eigenvalue weighted by atomic mass is 16.3. The molecule has 0 radical (unpaired) electrons. The molecule has 2 aromatic carbocycles. The van der Waals surface area contributed by atoms with E-state index in [0.29, 0.717) is 18.4 Å². The van der Waals surface area contributed by atoms with Gasteiger partial charge in [0.05, 0.1) is 11.7 Å². The van der Waals surface area contributed by atoms with E-state index in [2.05, 4.69) is 5.32 Å². The maximum atomic E-state index is 12.2. The highest BCUT2D eigenvalue weighted by molar-refractivity contribution is 6.03. The molecule has 112 valence electrons. The van der Waals surface area contributed by atoms with Crippen LogP contribution in [0.5, 0.6) is 5.75 Å². The zero-order valence-electron chi connectivity index (χ0n) is 12.3. The monoisotopic (exact) mass is 287 g/mol. The number of carbonyl (C=O) groups excluding carboxylic acids is 1. The quantitative estimate of drug-likeness (QED) is 0.792. The standard InChI is InChI=1S/C17H21NO3/c1-11(9-12(2)19)10-18-17(21)15-8-7-13-5-3-4-6-14(13)16(15)20/h3-8,11-12,19-20H,9-10H2,1-2H3,(H,18,21). The number of fused-ring (bicyclic) bond motifs is 1. The average molecular weight is 287 g/mol. The normalized spacial score (nSPS) is 13.9. The minimum absolute atomic E-state index is 0.00813. The van der Waals surface area contributed by atoms with Crippen LogP contribution < -0.4 is 5.32 Å². The van der Waals surface area contributed by atoms with Crippen molar-refractivity contribution < 1.29 is 15.0 Å². The van der Waals surface area contributed by atoms with Gasteiger partial charge in [0.25, 0.3) is 5.91 Å². The third-order valence-corrected chi connectivity index (χ3v) is 3.50. The lowest BCUT2D eigenvalue weighted by atomic mass is 10.0. The van der Waals surface area contributed by atoms with Gasteiger partial charge in [-0.1, -0.05) is 37.3 Å². The molecule has 0 bridgehead atoms. The maximum Gasteiger partial charge on any atom is 0.255 e. The Labute approximate surface area is 124 Å². The number of hydrogen-bond acceptors (Lipinski definition) is 3. The minimum atomic E-state index is -0.383. The molecule has 0 heterocycles. The Morgan fingerprint density at radius 2 is 1.90 bits per heavy atom. The molecule has 2 atom stereocenters. The predicted molar refractivity (Wildman–Crippen MR) is 83.4 cm³/mol. The van der Waals surface area contributed by atoms with E-state index in [0.717, 1.165) is 5.39 Å². The zero-order valence-corrected chi connectivity index (χ0v) is 12.3. The lowest BCUT2D eigenvalue weighted by Gasteiger charge is -2.15. The Morgan fingerprint density at radius 3 is 2.62 bits per heavy atom. The molecule has 2 aromatic rings. The number of aliphatic hydroxyl groups excluding tert-OH is 1. The average Bonchev–Trinajstić information content (AvgIpc) is 2.45. The van der Waals surface area contributed by atoms with Gasteiger partial charge in [-0.2, -0.15) is 0 Å². The van der Waals surface area contributed by atoms with E-state index in [9.17, 15) is 15.0 Å². The third kappa shape index (κ3) is 3.73. The summed E-state index contributed by atoms with van der Waals surface area (Å²) in [5.74, 6) is -0.110. The van der Waals surface area contributed by atoms with Crippen LogP contribution in [0.3, 0.4) is 0 Å². The second-order valence-electron chi connectivity index (χ2n) is 5.58. The molecule has 0 fully saturated rings. The number of amides is 1. The van der Waals surface area contributed by atoms with Gasteiger partial charge in [0, 0.05) is 11.9 Å². The molecular formula is C17H21NO3. The smallest absolute Gasteiger partial charge is 0.255 e. The summed E-state index contributed by atoms with van der Waals surface area (Å²) >= 11 is 0. The molecule has 2 rings (SSSR count). The summed E-state index contributed by atoms with van der Waals surface area (Å²) in [5, 5.41) is 23.9. The number of aromatic hydroxyl groups is 1. The van der Waals surface area contributed by atoms with Gasteiger partial charge in [-0.25, -0.2) is 0 Å². The Hall–Kier alpha value is -2.07. The SMILES string of the molecule is CC(O)CC(C)CNC(=O)c1ccc2ccccc2c1O. The first-order chi connectivity index (χ1) is 9.99. The Morgan fingerprint density at radius 1 is 1.19 bits per heavy atom. The number of benzene rings is 2. The number of nitrogens with one attached hydrogen (secondary N) is 1. The molecule has 0 aliphatic heterocycles. The molecule has 0 spiro atoms. The molecule has 3 N–H and O–H groups in total. The van der Waals surface area contributed by atoms with Crippen molar-refractivity contribution in [3.05, 3.63) is 42.0 Å². The second-order valence-corrected chi connectivity index (χ2v) is 5.58. The molecule has 0 saturated heterocycles. The Kier molecular flexibility index (Phi) is 4.81. The first-order valence-electron chi connectivity index (χ1n) is 7.16. The molecule has 2 unspecified atom stereocenters. The topological polar surface area (TPSA) is 69.6 Å². The molecule has 0 saturated carbocycles. The zero-order chi connectivity index (χ0) is 15.4. The fraction of sp³-hybridized carbons (Fsp3) is 0.353. The van der Waals surface area contributed by atoms with Gasteiger partial charge in [-0.05, 0) is 30.7 Å². The van der Waals surface area contributed by atoms with Crippen LogP contribution >= 0.6 is 0 Å². The lowest BCUT2D eigenvalue weighted by Crippen LogP contribution is -2.29. The van der Waals surface area contributed by atoms with E-state index in [1.54, 1.807) is 19.1 Å². The molecule has 0 aliphatic rings. The minimum Gasteiger partial charge on any atom is -0.506 e. The summed E-state index contributed by atoms with van der Waals surface area (Å²) in [7, 11) is 0. The molecule has 4 nitrogen and oxygen atoms in total. The summed E-state index contributed by atoms with van der Waals surface area (Å²) in [6.07, 6.45) is 0.246. The Balaban J connectivity index is 2.11. The molecule has 0 aliphatic carbocycles. The number of phenols is 1. The summed E-state index contributed by atoms with van der Waals surface area (Å²) in [6.45, 7) is 4.16. The van der Waals surface area contributed by atoms with Crippen LogP contribution in [-0.2, 0) is 0 Å². The first kappa shape index (κ1) is 15.3. The van der Waals surface area contributed by atoms with Crippen LogP contribution in [-0.4, -0.2) is 28.8 Å². The number of rotatable bonds is 5. The van der Waals surface area contributed by atoms with Crippen molar-refractivity contribution in [2.45, 2.75) is 26.4 Å². The van der Waals surface area contributed by atoms with Crippen molar-refractivity contribution in [1.29, 1.82) is 0 Å². The van der Waals surface area contributed by atoms with Crippen molar-refractivity contribution in [3.63, 3.8) is 0 Å². The molecule has 21 heavy (non-hydrogen) atoms. The maximum absolute atomic E-state index is 12.2. The number of carbonyl (C=O) groups is 1. The van der Waals surface area contributed by atoms with Gasteiger partial charge in [-0.15, -0.1) is 0 Å². The second kappa shape index (κ2) is 6.59. The van der Waals surface area contributed by atoms with Gasteiger partial charge in [-0.3, -0.25) is 4.79 Å². The number of aliphatic hydroxyl groups is 1. The first-order valence-corrected chi connectivity index (χ1v) is 7.16. The van der Waals surface area contributed by atoms with Crippen molar-refractivity contribution >= 4 is 16.7 Å². The summed E-state index contributed by atoms with van der Waals surface area (Å²) in [5.41, 5.74) is 0.276. The van der Waals surface area contributed by atoms with Gasteiger partial charge in [0.2, 0.25) is 0 Å². The fourth-order valence-electron chi connectivity index (χ4n) is 2.47. The summed E-state index contributed by atoms with van der Waals surface area (Å²) in [6, 6.07) is 10.8. The summed E-state index contributed by atoms with van der Waals surface area (Å²) < 4.78 is 0. The van der Waals surface area contributed by atoms with Crippen LogP contribution in [0.2, 0.25) is 0 Å². The Bertz CT molecular complexity index is 637. The number of phenolic OH excluding ortho intramolecular Hbond substituents is 1. The van der Waals surface area contributed by atoms with Crippen molar-refractivity contribution in [2.75, 3.05) is 6.54 Å². The molecule has 1 amide bonds. The molecular weight excluding hydrogens is 266 g/mol. The van der Waals surface area contributed by atoms with Crippen molar-refractivity contribution in [1.82, 2.24) is 5.32 Å². The van der Waals surface area contributed by atoms with Gasteiger partial charge in [0.15, 0.2) is 0 Å². The summed E-state index contributed by atoms with van der Waals surface area (Å²) in [4.78, 5) is 12.2. The van der Waals surface area contributed by atoms with Gasteiger partial charge < -0.3 is 15.5 Å². The van der Waals surface area contributed by atoms with E-state index in [-0.39, 0.29) is 29.2 Å². The molecule has 0 aromatic heterocycles.